The first kappa shape index (κ1) is 23.8. The number of fused-ring (bicyclic) bond motifs is 7. The number of amides is 3. The fourth-order valence-corrected chi connectivity index (χ4v) is 6.45. The van der Waals surface area contributed by atoms with Crippen molar-refractivity contribution in [1.29, 1.82) is 0 Å². The molecule has 4 unspecified atom stereocenters. The molecule has 1 saturated carbocycles. The molecule has 0 saturated heterocycles. The van der Waals surface area contributed by atoms with Crippen molar-refractivity contribution >= 4 is 28.6 Å². The van der Waals surface area contributed by atoms with Crippen LogP contribution in [-0.4, -0.2) is 45.7 Å². The molecule has 3 aromatic rings. The van der Waals surface area contributed by atoms with Gasteiger partial charge in [0, 0.05) is 34.6 Å². The van der Waals surface area contributed by atoms with E-state index in [1.165, 1.54) is 0 Å². The Morgan fingerprint density at radius 1 is 1.08 bits per heavy atom. The molecule has 3 N–H and O–H groups in total. The summed E-state index contributed by atoms with van der Waals surface area (Å²) < 4.78 is 0. The first-order valence-electron chi connectivity index (χ1n) is 13.6. The molecule has 37 heavy (non-hydrogen) atoms. The van der Waals surface area contributed by atoms with Gasteiger partial charge in [0.2, 0.25) is 11.8 Å². The minimum absolute atomic E-state index is 0.0279. The average molecular weight is 499 g/mol. The van der Waals surface area contributed by atoms with Crippen molar-refractivity contribution in [3.05, 3.63) is 70.9 Å². The van der Waals surface area contributed by atoms with Crippen LogP contribution in [0.25, 0.3) is 10.9 Å². The number of aromatic nitrogens is 1. The van der Waals surface area contributed by atoms with Gasteiger partial charge in [-0.3, -0.25) is 14.4 Å². The second-order valence-corrected chi connectivity index (χ2v) is 10.8. The van der Waals surface area contributed by atoms with Crippen LogP contribution < -0.4 is 10.6 Å². The summed E-state index contributed by atoms with van der Waals surface area (Å²) in [7, 11) is 0. The molecule has 3 heterocycles. The molecule has 1 aliphatic carbocycles. The first-order valence-corrected chi connectivity index (χ1v) is 13.6. The van der Waals surface area contributed by atoms with E-state index in [2.05, 4.69) is 21.7 Å². The predicted molar refractivity (Wildman–Crippen MR) is 142 cm³/mol. The molecule has 0 bridgehead atoms. The summed E-state index contributed by atoms with van der Waals surface area (Å²) in [5.74, 6) is -0.555. The zero-order valence-corrected chi connectivity index (χ0v) is 21.4. The highest BCUT2D eigenvalue weighted by Crippen LogP contribution is 2.46. The third-order valence-electron chi connectivity index (χ3n) is 8.65. The molecular formula is C30H34N4O3. The number of aromatic amines is 1. The summed E-state index contributed by atoms with van der Waals surface area (Å²) >= 11 is 0. The quantitative estimate of drug-likeness (QED) is 0.475. The van der Waals surface area contributed by atoms with Crippen LogP contribution in [0.2, 0.25) is 0 Å². The number of carbonyl (C=O) groups is 3. The molecule has 2 aliphatic heterocycles. The highest BCUT2D eigenvalue weighted by atomic mass is 16.2. The molecule has 3 amide bonds. The third-order valence-corrected chi connectivity index (χ3v) is 8.65. The average Bonchev–Trinajstić information content (AvgIpc) is 3.63. The number of nitrogens with one attached hydrogen (secondary N) is 3. The zero-order valence-electron chi connectivity index (χ0n) is 21.4. The topological polar surface area (TPSA) is 94.3 Å². The Kier molecular flexibility index (Phi) is 6.01. The lowest BCUT2D eigenvalue weighted by atomic mass is 9.89. The second-order valence-electron chi connectivity index (χ2n) is 10.8. The molecular weight excluding hydrogens is 464 g/mol. The lowest BCUT2D eigenvalue weighted by Gasteiger charge is -2.38. The van der Waals surface area contributed by atoms with Crippen LogP contribution in [0, 0.1) is 5.92 Å². The first-order chi connectivity index (χ1) is 18.0. The Bertz CT molecular complexity index is 1370. The van der Waals surface area contributed by atoms with E-state index in [0.29, 0.717) is 12.0 Å². The van der Waals surface area contributed by atoms with E-state index in [1.807, 2.05) is 56.3 Å². The lowest BCUT2D eigenvalue weighted by molar-refractivity contribution is -0.133. The molecule has 7 heteroatoms. The van der Waals surface area contributed by atoms with E-state index >= 15 is 0 Å². The number of benzene rings is 2. The molecule has 1 aromatic heterocycles. The van der Waals surface area contributed by atoms with Gasteiger partial charge in [-0.25, -0.2) is 0 Å². The summed E-state index contributed by atoms with van der Waals surface area (Å²) in [6.45, 7) is 4.03. The van der Waals surface area contributed by atoms with Crippen LogP contribution in [0.15, 0.2) is 48.5 Å². The highest BCUT2D eigenvalue weighted by molar-refractivity contribution is 6.04. The Morgan fingerprint density at radius 2 is 1.81 bits per heavy atom. The summed E-state index contributed by atoms with van der Waals surface area (Å²) in [6, 6.07) is 14.2. The van der Waals surface area contributed by atoms with Gasteiger partial charge >= 0.3 is 0 Å². The van der Waals surface area contributed by atoms with Crippen LogP contribution >= 0.6 is 0 Å². The Hall–Kier alpha value is -3.61. The van der Waals surface area contributed by atoms with Crippen LogP contribution in [0.3, 0.4) is 0 Å². The minimum atomic E-state index is -0.706. The number of hydrogen-bond donors (Lipinski definition) is 3. The number of hydrogen-bond acceptors (Lipinski definition) is 3. The van der Waals surface area contributed by atoms with Crippen molar-refractivity contribution in [2.45, 2.75) is 76.5 Å². The van der Waals surface area contributed by atoms with Crippen molar-refractivity contribution < 1.29 is 14.4 Å². The van der Waals surface area contributed by atoms with Gasteiger partial charge in [0.25, 0.3) is 5.91 Å². The summed E-state index contributed by atoms with van der Waals surface area (Å²) in [6.07, 6.45) is 5.39. The van der Waals surface area contributed by atoms with Gasteiger partial charge in [-0.1, -0.05) is 69.5 Å². The van der Waals surface area contributed by atoms with Crippen LogP contribution in [0.4, 0.5) is 0 Å². The Balaban J connectivity index is 1.36. The smallest absolute Gasteiger partial charge is 0.255 e. The fraction of sp³-hybridized carbons (Fsp3) is 0.433. The highest BCUT2D eigenvalue weighted by Gasteiger charge is 2.49. The Labute approximate surface area is 217 Å². The predicted octanol–water partition coefficient (Wildman–Crippen LogP) is 4.23. The van der Waals surface area contributed by atoms with E-state index in [-0.39, 0.29) is 35.7 Å². The number of carbonyl (C=O) groups excluding carboxylic acids is 3. The largest absolute Gasteiger partial charge is 0.356 e. The number of para-hydroxylation sites is 1. The van der Waals surface area contributed by atoms with E-state index < -0.39 is 12.1 Å². The number of nitrogens with zero attached hydrogens (tertiary/aromatic N) is 1. The normalized spacial score (nSPS) is 22.3. The van der Waals surface area contributed by atoms with Gasteiger partial charge in [-0.15, -0.1) is 0 Å². The maximum atomic E-state index is 14.0. The van der Waals surface area contributed by atoms with Gasteiger partial charge < -0.3 is 20.5 Å². The maximum Gasteiger partial charge on any atom is 0.255 e. The lowest BCUT2D eigenvalue weighted by Crippen LogP contribution is -2.58. The number of rotatable bonds is 6. The molecule has 7 nitrogen and oxygen atoms in total. The van der Waals surface area contributed by atoms with Crippen molar-refractivity contribution in [1.82, 2.24) is 20.5 Å². The maximum absolute atomic E-state index is 14.0. The van der Waals surface area contributed by atoms with Crippen molar-refractivity contribution in [2.75, 3.05) is 0 Å². The molecule has 0 spiro atoms. The van der Waals surface area contributed by atoms with E-state index in [1.54, 1.807) is 4.90 Å². The summed E-state index contributed by atoms with van der Waals surface area (Å²) in [5, 5.41) is 7.33. The van der Waals surface area contributed by atoms with Crippen molar-refractivity contribution in [2.24, 2.45) is 5.92 Å². The molecule has 4 atom stereocenters. The van der Waals surface area contributed by atoms with E-state index in [4.69, 9.17) is 0 Å². The minimum Gasteiger partial charge on any atom is -0.356 e. The van der Waals surface area contributed by atoms with Gasteiger partial charge in [0.15, 0.2) is 0 Å². The van der Waals surface area contributed by atoms with Gasteiger partial charge in [0.1, 0.15) is 12.1 Å². The van der Waals surface area contributed by atoms with Crippen molar-refractivity contribution in [3.8, 4) is 0 Å². The van der Waals surface area contributed by atoms with Crippen LogP contribution in [-0.2, 0) is 16.0 Å². The molecule has 192 valence electrons. The molecule has 3 aliphatic rings. The van der Waals surface area contributed by atoms with Crippen LogP contribution in [0.1, 0.15) is 79.2 Å². The fourth-order valence-electron chi connectivity index (χ4n) is 6.45. The number of H-pyrrole nitrogens is 1. The summed E-state index contributed by atoms with van der Waals surface area (Å²) in [5.41, 5.74) is 4.58. The second kappa shape index (κ2) is 9.36. The van der Waals surface area contributed by atoms with E-state index in [0.717, 1.165) is 59.8 Å². The van der Waals surface area contributed by atoms with Gasteiger partial charge in [0.05, 0.1) is 6.04 Å². The SMILES string of the molecule is CCC(C)C(NC(=O)C1Cc2c([nH]c3ccccc23)C2c3ccccc3C(=O)N12)C(=O)NC1CCCC1. The van der Waals surface area contributed by atoms with Crippen LogP contribution in [0.5, 0.6) is 0 Å². The van der Waals surface area contributed by atoms with Crippen molar-refractivity contribution in [3.63, 3.8) is 0 Å². The molecule has 2 aromatic carbocycles. The molecule has 6 rings (SSSR count). The van der Waals surface area contributed by atoms with E-state index in [9.17, 15) is 14.4 Å². The van der Waals surface area contributed by atoms with Gasteiger partial charge in [-0.2, -0.15) is 0 Å². The van der Waals surface area contributed by atoms with Gasteiger partial charge in [-0.05, 0) is 42.0 Å². The molecule has 1 fully saturated rings. The zero-order chi connectivity index (χ0) is 25.7. The Morgan fingerprint density at radius 3 is 2.59 bits per heavy atom. The third kappa shape index (κ3) is 3.92. The summed E-state index contributed by atoms with van der Waals surface area (Å²) in [4.78, 5) is 46.2. The monoisotopic (exact) mass is 498 g/mol. The standard InChI is InChI=1S/C30H34N4O3/c1-3-17(2)25(29(36)31-18-10-4-5-11-18)33-28(35)24-16-22-19-12-8-9-15-23(19)32-26(22)27-20-13-6-7-14-21(20)30(37)34(24)27/h6-9,12-15,17-18,24-25,27,32H,3-5,10-11,16H2,1-2H3,(H,31,36)(H,33,35). The molecule has 0 radical (unpaired) electrons.